The van der Waals surface area contributed by atoms with Crippen LogP contribution in [0.15, 0.2) is 9.52 Å². The lowest BCUT2D eigenvalue weighted by Crippen LogP contribution is -2.53. The maximum atomic E-state index is 12.1. The lowest BCUT2D eigenvalue weighted by molar-refractivity contribution is 0.0186. The normalized spacial score (nSPS) is 16.1. The van der Waals surface area contributed by atoms with Crippen molar-refractivity contribution in [2.45, 2.75) is 53.1 Å². The molecular formula is C18H31N5O3. The molecule has 8 heteroatoms. The van der Waals surface area contributed by atoms with E-state index in [1.54, 1.807) is 4.90 Å². The molecule has 1 aromatic rings. The van der Waals surface area contributed by atoms with Crippen LogP contribution >= 0.6 is 0 Å². The van der Waals surface area contributed by atoms with Crippen molar-refractivity contribution >= 4 is 12.1 Å². The van der Waals surface area contributed by atoms with E-state index in [-0.39, 0.29) is 6.09 Å². The standard InChI is InChI=1S/C18H31N5O3/c1-13-15(14(2)26-21-13)7-6-8-20-16(19)22-9-11-23(12-10-22)17(24)25-18(3,4)5/h6-12H2,1-5H3,(H2,19,20). The molecule has 1 aromatic heterocycles. The molecule has 0 unspecified atom stereocenters. The molecule has 1 aliphatic heterocycles. The number of aliphatic imine (C=N–C) groups is 1. The number of piperazine rings is 1. The number of aryl methyl sites for hydroxylation is 2. The highest BCUT2D eigenvalue weighted by Gasteiger charge is 2.26. The quantitative estimate of drug-likeness (QED) is 0.498. The van der Waals surface area contributed by atoms with Crippen molar-refractivity contribution in [2.75, 3.05) is 32.7 Å². The maximum Gasteiger partial charge on any atom is 0.410 e. The van der Waals surface area contributed by atoms with E-state index in [1.165, 1.54) is 0 Å². The zero-order chi connectivity index (χ0) is 19.3. The number of nitrogens with two attached hydrogens (primary N) is 1. The summed E-state index contributed by atoms with van der Waals surface area (Å²) in [5, 5.41) is 3.96. The summed E-state index contributed by atoms with van der Waals surface area (Å²) in [7, 11) is 0. The van der Waals surface area contributed by atoms with Gasteiger partial charge in [-0.2, -0.15) is 0 Å². The van der Waals surface area contributed by atoms with Crippen LogP contribution in [-0.2, 0) is 11.2 Å². The number of rotatable bonds is 4. The second kappa shape index (κ2) is 8.42. The van der Waals surface area contributed by atoms with Crippen molar-refractivity contribution in [3.63, 3.8) is 0 Å². The number of hydrogen-bond donors (Lipinski definition) is 1. The minimum atomic E-state index is -0.476. The van der Waals surface area contributed by atoms with Crippen LogP contribution in [0.2, 0.25) is 0 Å². The van der Waals surface area contributed by atoms with Gasteiger partial charge < -0.3 is 24.8 Å². The van der Waals surface area contributed by atoms with Gasteiger partial charge in [-0.15, -0.1) is 0 Å². The van der Waals surface area contributed by atoms with E-state index in [2.05, 4.69) is 10.1 Å². The van der Waals surface area contributed by atoms with Crippen LogP contribution in [0.4, 0.5) is 4.79 Å². The lowest BCUT2D eigenvalue weighted by atomic mass is 10.1. The molecule has 146 valence electrons. The Bertz CT molecular complexity index is 620. The number of aromatic nitrogens is 1. The summed E-state index contributed by atoms with van der Waals surface area (Å²) in [6.07, 6.45) is 1.50. The summed E-state index contributed by atoms with van der Waals surface area (Å²) in [4.78, 5) is 20.3. The first-order valence-electron chi connectivity index (χ1n) is 9.12. The third-order valence-corrected chi connectivity index (χ3v) is 4.30. The molecule has 0 atom stereocenters. The van der Waals surface area contributed by atoms with Gasteiger partial charge in [-0.3, -0.25) is 4.99 Å². The van der Waals surface area contributed by atoms with Gasteiger partial charge >= 0.3 is 6.09 Å². The lowest BCUT2D eigenvalue weighted by Gasteiger charge is -2.36. The molecular weight excluding hydrogens is 334 g/mol. The third-order valence-electron chi connectivity index (χ3n) is 4.30. The molecule has 2 N–H and O–H groups in total. The van der Waals surface area contributed by atoms with Crippen LogP contribution < -0.4 is 5.73 Å². The van der Waals surface area contributed by atoms with Gasteiger partial charge in [0.1, 0.15) is 11.4 Å². The van der Waals surface area contributed by atoms with E-state index in [9.17, 15) is 4.79 Å². The van der Waals surface area contributed by atoms with Crippen molar-refractivity contribution in [1.29, 1.82) is 0 Å². The first kappa shape index (κ1) is 20.1. The number of nitrogens with zero attached hydrogens (tertiary/aromatic N) is 4. The highest BCUT2D eigenvalue weighted by molar-refractivity contribution is 5.78. The molecule has 0 radical (unpaired) electrons. The van der Waals surface area contributed by atoms with Crippen LogP contribution in [0.25, 0.3) is 0 Å². The average Bonchev–Trinajstić information content (AvgIpc) is 2.88. The smallest absolute Gasteiger partial charge is 0.410 e. The van der Waals surface area contributed by atoms with Crippen LogP contribution in [-0.4, -0.2) is 65.3 Å². The minimum Gasteiger partial charge on any atom is -0.444 e. The minimum absolute atomic E-state index is 0.271. The van der Waals surface area contributed by atoms with E-state index < -0.39 is 5.60 Å². The van der Waals surface area contributed by atoms with Crippen LogP contribution in [0.1, 0.15) is 44.2 Å². The monoisotopic (exact) mass is 365 g/mol. The van der Waals surface area contributed by atoms with Gasteiger partial charge in [0.05, 0.1) is 5.69 Å². The van der Waals surface area contributed by atoms with Crippen LogP contribution in [0.5, 0.6) is 0 Å². The molecule has 1 amide bonds. The second-order valence-electron chi connectivity index (χ2n) is 7.60. The first-order chi connectivity index (χ1) is 12.2. The Morgan fingerprint density at radius 2 is 1.85 bits per heavy atom. The number of guanidine groups is 1. The van der Waals surface area contributed by atoms with Gasteiger partial charge in [-0.1, -0.05) is 5.16 Å². The number of carbonyl (C=O) groups is 1. The fraction of sp³-hybridized carbons (Fsp3) is 0.722. The van der Waals surface area contributed by atoms with Gasteiger partial charge in [0.25, 0.3) is 0 Å². The Morgan fingerprint density at radius 3 is 2.38 bits per heavy atom. The molecule has 1 saturated heterocycles. The molecule has 0 bridgehead atoms. The Morgan fingerprint density at radius 1 is 1.23 bits per heavy atom. The summed E-state index contributed by atoms with van der Waals surface area (Å²) < 4.78 is 10.6. The molecule has 0 spiro atoms. The zero-order valence-corrected chi connectivity index (χ0v) is 16.5. The Kier molecular flexibility index (Phi) is 6.50. The van der Waals surface area contributed by atoms with E-state index in [1.807, 2.05) is 39.5 Å². The Balaban J connectivity index is 1.74. The number of carbonyl (C=O) groups excluding carboxylic acids is 1. The Labute approximate surface area is 155 Å². The molecule has 0 aromatic carbocycles. The summed E-state index contributed by atoms with van der Waals surface area (Å²) in [6.45, 7) is 12.6. The zero-order valence-electron chi connectivity index (χ0n) is 16.5. The number of ether oxygens (including phenoxy) is 1. The average molecular weight is 365 g/mol. The summed E-state index contributed by atoms with van der Waals surface area (Å²) in [5.74, 6) is 1.41. The highest BCUT2D eigenvalue weighted by atomic mass is 16.6. The van der Waals surface area contributed by atoms with Gasteiger partial charge in [0, 0.05) is 38.3 Å². The highest BCUT2D eigenvalue weighted by Crippen LogP contribution is 2.14. The second-order valence-corrected chi connectivity index (χ2v) is 7.60. The molecule has 1 fully saturated rings. The SMILES string of the molecule is Cc1noc(C)c1CCCN=C(N)N1CCN(C(=O)OC(C)(C)C)CC1. The fourth-order valence-corrected chi connectivity index (χ4v) is 2.85. The summed E-state index contributed by atoms with van der Waals surface area (Å²) in [5.41, 5.74) is 7.72. The molecule has 26 heavy (non-hydrogen) atoms. The molecule has 0 aliphatic carbocycles. The first-order valence-corrected chi connectivity index (χ1v) is 9.12. The predicted molar refractivity (Wildman–Crippen MR) is 100 cm³/mol. The fourth-order valence-electron chi connectivity index (χ4n) is 2.85. The Hall–Kier alpha value is -2.25. The maximum absolute atomic E-state index is 12.1. The largest absolute Gasteiger partial charge is 0.444 e. The van der Waals surface area contributed by atoms with E-state index in [4.69, 9.17) is 15.0 Å². The number of amides is 1. The van der Waals surface area contributed by atoms with Gasteiger partial charge in [0.15, 0.2) is 5.96 Å². The van der Waals surface area contributed by atoms with E-state index in [0.717, 1.165) is 29.9 Å². The predicted octanol–water partition coefficient (Wildman–Crippen LogP) is 2.09. The van der Waals surface area contributed by atoms with Gasteiger partial charge in [0.2, 0.25) is 0 Å². The van der Waals surface area contributed by atoms with Crippen molar-refractivity contribution in [1.82, 2.24) is 15.0 Å². The van der Waals surface area contributed by atoms with Crippen molar-refractivity contribution in [3.05, 3.63) is 17.0 Å². The molecule has 2 rings (SSSR count). The summed E-state index contributed by atoms with van der Waals surface area (Å²) >= 11 is 0. The van der Waals surface area contributed by atoms with Gasteiger partial charge in [-0.25, -0.2) is 4.79 Å². The number of hydrogen-bond acceptors (Lipinski definition) is 5. The summed E-state index contributed by atoms with van der Waals surface area (Å²) in [6, 6.07) is 0. The van der Waals surface area contributed by atoms with Crippen molar-refractivity contribution in [2.24, 2.45) is 10.7 Å². The van der Waals surface area contributed by atoms with Crippen LogP contribution in [0, 0.1) is 13.8 Å². The molecule has 0 saturated carbocycles. The van der Waals surface area contributed by atoms with E-state index >= 15 is 0 Å². The topological polar surface area (TPSA) is 97.2 Å². The molecule has 2 heterocycles. The van der Waals surface area contributed by atoms with Crippen molar-refractivity contribution < 1.29 is 14.1 Å². The van der Waals surface area contributed by atoms with Crippen molar-refractivity contribution in [3.8, 4) is 0 Å². The van der Waals surface area contributed by atoms with Gasteiger partial charge in [-0.05, 0) is 47.5 Å². The third kappa shape index (κ3) is 5.64. The van der Waals surface area contributed by atoms with Crippen LogP contribution in [0.3, 0.4) is 0 Å². The molecule has 8 nitrogen and oxygen atoms in total. The van der Waals surface area contributed by atoms with E-state index in [0.29, 0.717) is 38.7 Å². The molecule has 1 aliphatic rings.